The van der Waals surface area contributed by atoms with Gasteiger partial charge in [0.05, 0.1) is 0 Å². The van der Waals surface area contributed by atoms with Crippen LogP contribution in [0.2, 0.25) is 0 Å². The maximum absolute atomic E-state index is 7.74. The quantitative estimate of drug-likeness (QED) is 0.208. The van der Waals surface area contributed by atoms with Crippen molar-refractivity contribution in [3.8, 4) is 0 Å². The van der Waals surface area contributed by atoms with Crippen molar-refractivity contribution in [2.45, 2.75) is 6.16 Å². The first-order valence-electron chi connectivity index (χ1n) is 1.02. The van der Waals surface area contributed by atoms with Gasteiger partial charge in [0.25, 0.3) is 0 Å². The molecule has 4 nitrogen and oxygen atoms in total. The van der Waals surface area contributed by atoms with E-state index in [0.717, 1.165) is 0 Å². The van der Waals surface area contributed by atoms with Crippen molar-refractivity contribution in [2.75, 3.05) is 0 Å². The molecule has 0 unspecified atom stereocenters. The Labute approximate surface area is 91.2 Å². The van der Waals surface area contributed by atoms with Crippen LogP contribution < -0.4 is 0 Å². The monoisotopic (exact) mass is 296 g/mol. The predicted molar refractivity (Wildman–Crippen MR) is 29.2 cm³/mol. The molecule has 42 valence electrons. The summed E-state index contributed by atoms with van der Waals surface area (Å²) in [5, 5.41) is 15.5. The third-order valence-corrected chi connectivity index (χ3v) is 0.232. The van der Waals surface area contributed by atoms with E-state index in [-0.39, 0.29) is 66.5 Å². The summed E-state index contributed by atoms with van der Waals surface area (Å²) in [6.07, 6.45) is -2.25. The number of hydrogen-bond donors (Lipinski definition) is 2. The van der Waals surface area contributed by atoms with Crippen molar-refractivity contribution in [3.63, 3.8) is 0 Å². The molecule has 1 saturated heterocycles. The van der Waals surface area contributed by atoms with Gasteiger partial charge in [-0.2, -0.15) is 0 Å². The zero-order valence-electron chi connectivity index (χ0n) is 2.21. The molecule has 6 heteroatoms. The van der Waals surface area contributed by atoms with Crippen molar-refractivity contribution in [2.24, 2.45) is 0 Å². The second-order valence-corrected chi connectivity index (χ2v) is 0.715. The van der Waals surface area contributed by atoms with Gasteiger partial charge >= 0.3 is 72.6 Å². The molecule has 1 aliphatic rings. The molecule has 0 bridgehead atoms. The van der Waals surface area contributed by atoms with E-state index in [9.17, 15) is 0 Å². The van der Waals surface area contributed by atoms with Crippen molar-refractivity contribution in [3.05, 3.63) is 0 Å². The van der Waals surface area contributed by atoms with Crippen molar-refractivity contribution >= 4 is 66.5 Å². The Balaban J connectivity index is 0. The fraction of sp³-hybridized carbons (Fsp3) is 1.00. The number of hydrogen-bond acceptors (Lipinski definition) is 4. The maximum atomic E-state index is 7.74. The van der Waals surface area contributed by atoms with E-state index in [4.69, 9.17) is 10.2 Å². The standard InChI is InChI=1S/CH2O4.Ba.GeH4.2H/c2-1(3)4-5-1;;;;/h2-3H;;1H4;;. The topological polar surface area (TPSA) is 65.5 Å². The Morgan fingerprint density at radius 1 is 1.14 bits per heavy atom. The van der Waals surface area contributed by atoms with Gasteiger partial charge in [-0.05, 0) is 0 Å². The van der Waals surface area contributed by atoms with E-state index in [2.05, 4.69) is 9.78 Å². The zero-order valence-corrected chi connectivity index (χ0v) is 2.21. The van der Waals surface area contributed by atoms with E-state index in [0.29, 0.717) is 0 Å². The van der Waals surface area contributed by atoms with Crippen LogP contribution in [0, 0.1) is 0 Å². The van der Waals surface area contributed by atoms with Gasteiger partial charge < -0.3 is 10.2 Å². The molecule has 1 rings (SSSR count). The van der Waals surface area contributed by atoms with Gasteiger partial charge in [-0.1, -0.05) is 0 Å². The molecule has 0 amide bonds. The van der Waals surface area contributed by atoms with Crippen molar-refractivity contribution in [1.82, 2.24) is 0 Å². The van der Waals surface area contributed by atoms with E-state index in [1.165, 1.54) is 0 Å². The van der Waals surface area contributed by atoms with Gasteiger partial charge in [-0.15, -0.1) is 9.78 Å². The summed E-state index contributed by atoms with van der Waals surface area (Å²) in [5.41, 5.74) is 0. The number of aliphatic hydroxyl groups is 2. The minimum absolute atomic E-state index is 0. The zero-order chi connectivity index (χ0) is 3.91. The van der Waals surface area contributed by atoms with Crippen LogP contribution in [0.15, 0.2) is 0 Å². The first-order valence-corrected chi connectivity index (χ1v) is 1.02. The van der Waals surface area contributed by atoms with Crippen LogP contribution in [0.3, 0.4) is 0 Å². The molecular weight excluding hydrogens is 286 g/mol. The molecular formula is CH8BaGeO4. The first kappa shape index (κ1) is 11.7. The van der Waals surface area contributed by atoms with Gasteiger partial charge in [0.1, 0.15) is 0 Å². The second-order valence-electron chi connectivity index (χ2n) is 0.715. The van der Waals surface area contributed by atoms with E-state index >= 15 is 0 Å². The van der Waals surface area contributed by atoms with E-state index in [1.54, 1.807) is 0 Å². The van der Waals surface area contributed by atoms with Crippen molar-refractivity contribution in [1.29, 1.82) is 0 Å². The summed E-state index contributed by atoms with van der Waals surface area (Å²) in [7, 11) is 0. The van der Waals surface area contributed by atoms with E-state index in [1.807, 2.05) is 0 Å². The third-order valence-electron chi connectivity index (χ3n) is 0.232. The first-order chi connectivity index (χ1) is 2.21. The molecule has 7 heavy (non-hydrogen) atoms. The van der Waals surface area contributed by atoms with Crippen LogP contribution in [0.5, 0.6) is 0 Å². The normalized spacial score (nSPS) is 21.4. The van der Waals surface area contributed by atoms with Crippen LogP contribution in [0.4, 0.5) is 0 Å². The Kier molecular flexibility index (Phi) is 6.50. The van der Waals surface area contributed by atoms with Crippen LogP contribution in [0.25, 0.3) is 0 Å². The summed E-state index contributed by atoms with van der Waals surface area (Å²) >= 11 is 0. The average molecular weight is 294 g/mol. The summed E-state index contributed by atoms with van der Waals surface area (Å²) in [6.45, 7) is 0. The SMILES string of the molecule is OC1(O)OO1.[BaH2].[GeH4]. The van der Waals surface area contributed by atoms with E-state index < -0.39 is 6.16 Å². The molecule has 0 aromatic carbocycles. The predicted octanol–water partition coefficient (Wildman–Crippen LogP) is -3.82. The average Bonchev–Trinajstić information content (AvgIpc) is 1.76. The fourth-order valence-corrected chi connectivity index (χ4v) is 0.0373. The molecule has 0 atom stereocenters. The summed E-state index contributed by atoms with van der Waals surface area (Å²) in [6, 6.07) is 0. The molecule has 0 aliphatic carbocycles. The number of rotatable bonds is 0. The Hall–Kier alpha value is 1.95. The Bertz CT molecular complexity index is 49.7. The van der Waals surface area contributed by atoms with Gasteiger partial charge in [0.2, 0.25) is 0 Å². The molecule has 2 N–H and O–H groups in total. The molecule has 1 heterocycles. The van der Waals surface area contributed by atoms with Gasteiger partial charge in [-0.25, -0.2) is 0 Å². The van der Waals surface area contributed by atoms with Gasteiger partial charge in [-0.3, -0.25) is 0 Å². The molecule has 1 aliphatic heterocycles. The molecule has 0 radical (unpaired) electrons. The van der Waals surface area contributed by atoms with Gasteiger partial charge in [0, 0.05) is 0 Å². The molecule has 0 saturated carbocycles. The summed E-state index contributed by atoms with van der Waals surface area (Å²) < 4.78 is 0. The third kappa shape index (κ3) is 5.83. The Morgan fingerprint density at radius 2 is 1.29 bits per heavy atom. The van der Waals surface area contributed by atoms with Crippen LogP contribution in [0.1, 0.15) is 0 Å². The summed E-state index contributed by atoms with van der Waals surface area (Å²) in [5.74, 6) is 0. The summed E-state index contributed by atoms with van der Waals surface area (Å²) in [4.78, 5) is 7.01. The van der Waals surface area contributed by atoms with Crippen molar-refractivity contribution < 1.29 is 20.0 Å². The molecule has 0 spiro atoms. The van der Waals surface area contributed by atoms with Gasteiger partial charge in [0.15, 0.2) is 0 Å². The van der Waals surface area contributed by atoms with Crippen LogP contribution in [-0.2, 0) is 9.78 Å². The van der Waals surface area contributed by atoms with Crippen LogP contribution >= 0.6 is 0 Å². The molecule has 0 aromatic rings. The van der Waals surface area contributed by atoms with Crippen LogP contribution in [-0.4, -0.2) is 82.9 Å². The Morgan fingerprint density at radius 3 is 1.29 bits per heavy atom. The second kappa shape index (κ2) is 3.88. The fourth-order valence-electron chi connectivity index (χ4n) is 0.0373. The minimum atomic E-state index is -2.25. The molecule has 0 aromatic heterocycles. The molecule has 1 fully saturated rings.